The molecule has 0 saturated carbocycles. The molecule has 0 atom stereocenters. The molecule has 1 aromatic carbocycles. The van der Waals surface area contributed by atoms with Gasteiger partial charge in [0.15, 0.2) is 0 Å². The van der Waals surface area contributed by atoms with Crippen LogP contribution in [0.3, 0.4) is 0 Å². The normalized spacial score (nSPS) is 13.7. The number of hydrogen-bond acceptors (Lipinski definition) is 3. The van der Waals surface area contributed by atoms with Crippen LogP contribution in [-0.4, -0.2) is 52.2 Å². The molecule has 3 rings (SSSR count). The van der Waals surface area contributed by atoms with Gasteiger partial charge in [-0.15, -0.1) is 0 Å². The number of halogens is 1. The number of amides is 3. The van der Waals surface area contributed by atoms with Crippen molar-refractivity contribution in [3.63, 3.8) is 0 Å². The van der Waals surface area contributed by atoms with Crippen molar-refractivity contribution in [1.29, 1.82) is 0 Å². The zero-order valence-corrected chi connectivity index (χ0v) is 15.7. The van der Waals surface area contributed by atoms with Crippen molar-refractivity contribution in [1.82, 2.24) is 24.9 Å². The number of benzene rings is 1. The molecule has 138 valence electrons. The van der Waals surface area contributed by atoms with Gasteiger partial charge in [0.05, 0.1) is 24.5 Å². The smallest absolute Gasteiger partial charge is 0.319 e. The van der Waals surface area contributed by atoms with Gasteiger partial charge in [0.25, 0.3) is 5.91 Å². The van der Waals surface area contributed by atoms with Crippen LogP contribution in [0.25, 0.3) is 0 Å². The third-order valence-electron chi connectivity index (χ3n) is 4.25. The highest BCUT2D eigenvalue weighted by Gasteiger charge is 2.21. The zero-order valence-electron chi connectivity index (χ0n) is 14.9. The predicted octanol–water partition coefficient (Wildman–Crippen LogP) is 2.35. The summed E-state index contributed by atoms with van der Waals surface area (Å²) in [7, 11) is 3.50. The fourth-order valence-corrected chi connectivity index (χ4v) is 3.05. The Morgan fingerprint density at radius 1 is 1.23 bits per heavy atom. The van der Waals surface area contributed by atoms with Gasteiger partial charge in [-0.2, -0.15) is 5.10 Å². The van der Waals surface area contributed by atoms with E-state index in [0.717, 1.165) is 24.4 Å². The summed E-state index contributed by atoms with van der Waals surface area (Å²) in [6.45, 7) is 2.33. The summed E-state index contributed by atoms with van der Waals surface area (Å²) in [4.78, 5) is 27.8. The first-order valence-corrected chi connectivity index (χ1v) is 8.87. The minimum atomic E-state index is -0.172. The van der Waals surface area contributed by atoms with Crippen molar-refractivity contribution in [2.75, 3.05) is 20.6 Å². The van der Waals surface area contributed by atoms with Crippen LogP contribution < -0.4 is 5.32 Å². The maximum absolute atomic E-state index is 12.2. The average molecular weight is 376 g/mol. The molecular weight excluding hydrogens is 354 g/mol. The summed E-state index contributed by atoms with van der Waals surface area (Å²) in [6, 6.07) is 8.69. The number of aromatic nitrogens is 2. The summed E-state index contributed by atoms with van der Waals surface area (Å²) in [5.41, 5.74) is 2.31. The van der Waals surface area contributed by atoms with E-state index in [0.29, 0.717) is 30.2 Å². The molecule has 0 aliphatic carbocycles. The van der Waals surface area contributed by atoms with Crippen LogP contribution in [0.5, 0.6) is 0 Å². The second kappa shape index (κ2) is 7.78. The van der Waals surface area contributed by atoms with E-state index in [9.17, 15) is 9.59 Å². The highest BCUT2D eigenvalue weighted by Crippen LogP contribution is 2.15. The van der Waals surface area contributed by atoms with Crippen LogP contribution in [0.2, 0.25) is 5.02 Å². The van der Waals surface area contributed by atoms with Gasteiger partial charge < -0.3 is 15.1 Å². The minimum absolute atomic E-state index is 0.00255. The Morgan fingerprint density at radius 2 is 1.96 bits per heavy atom. The van der Waals surface area contributed by atoms with Crippen molar-refractivity contribution in [2.24, 2.45) is 0 Å². The molecule has 26 heavy (non-hydrogen) atoms. The molecule has 0 spiro atoms. The highest BCUT2D eigenvalue weighted by atomic mass is 35.5. The Hall–Kier alpha value is -2.54. The van der Waals surface area contributed by atoms with E-state index in [2.05, 4.69) is 10.4 Å². The standard InChI is InChI=1S/C18H22ClN5O2/c1-22(2)18(26)23-8-3-9-24-16(12-23)10-15(21-24)11-20-17(25)13-4-6-14(19)7-5-13/h4-7,10H,3,8-9,11-12H2,1-2H3,(H,20,25). The van der Waals surface area contributed by atoms with Crippen LogP contribution in [0.15, 0.2) is 30.3 Å². The zero-order chi connectivity index (χ0) is 18.7. The molecule has 2 heterocycles. The average Bonchev–Trinajstić information content (AvgIpc) is 2.89. The van der Waals surface area contributed by atoms with Crippen LogP contribution in [0.1, 0.15) is 28.2 Å². The number of carbonyl (C=O) groups excluding carboxylic acids is 2. The van der Waals surface area contributed by atoms with E-state index >= 15 is 0 Å². The van der Waals surface area contributed by atoms with Gasteiger partial charge >= 0.3 is 6.03 Å². The fraction of sp³-hybridized carbons (Fsp3) is 0.389. The Balaban J connectivity index is 1.64. The van der Waals surface area contributed by atoms with Crippen LogP contribution >= 0.6 is 11.6 Å². The first-order valence-electron chi connectivity index (χ1n) is 8.49. The van der Waals surface area contributed by atoms with Gasteiger partial charge in [0, 0.05) is 37.8 Å². The molecule has 2 aromatic rings. The monoisotopic (exact) mass is 375 g/mol. The van der Waals surface area contributed by atoms with Crippen molar-refractivity contribution >= 4 is 23.5 Å². The quantitative estimate of drug-likeness (QED) is 0.895. The molecule has 0 fully saturated rings. The number of urea groups is 1. The molecule has 1 aliphatic heterocycles. The first kappa shape index (κ1) is 18.3. The Morgan fingerprint density at radius 3 is 2.65 bits per heavy atom. The van der Waals surface area contributed by atoms with E-state index in [1.165, 1.54) is 0 Å². The summed E-state index contributed by atoms with van der Waals surface area (Å²) in [5, 5.41) is 8.02. The molecule has 0 unspecified atom stereocenters. The lowest BCUT2D eigenvalue weighted by molar-refractivity contribution is 0.0950. The predicted molar refractivity (Wildman–Crippen MR) is 99.0 cm³/mol. The third-order valence-corrected chi connectivity index (χ3v) is 4.51. The van der Waals surface area contributed by atoms with Gasteiger partial charge in [-0.25, -0.2) is 4.79 Å². The van der Waals surface area contributed by atoms with E-state index in [1.807, 2.05) is 15.6 Å². The maximum atomic E-state index is 12.2. The minimum Gasteiger partial charge on any atom is -0.346 e. The fourth-order valence-electron chi connectivity index (χ4n) is 2.93. The number of fused-ring (bicyclic) bond motifs is 1. The van der Waals surface area contributed by atoms with E-state index < -0.39 is 0 Å². The maximum Gasteiger partial charge on any atom is 0.319 e. The number of nitrogens with zero attached hydrogens (tertiary/aromatic N) is 4. The van der Waals surface area contributed by atoms with Crippen molar-refractivity contribution in [2.45, 2.75) is 26.1 Å². The Labute approximate surface area is 157 Å². The molecule has 1 N–H and O–H groups in total. The van der Waals surface area contributed by atoms with Gasteiger partial charge in [0.1, 0.15) is 0 Å². The lowest BCUT2D eigenvalue weighted by Crippen LogP contribution is -2.38. The first-order chi connectivity index (χ1) is 12.4. The van der Waals surface area contributed by atoms with Crippen LogP contribution in [0.4, 0.5) is 4.79 Å². The molecule has 8 heteroatoms. The topological polar surface area (TPSA) is 70.5 Å². The van der Waals surface area contributed by atoms with Gasteiger partial charge in [-0.3, -0.25) is 9.48 Å². The van der Waals surface area contributed by atoms with Crippen molar-refractivity contribution < 1.29 is 9.59 Å². The third kappa shape index (κ3) is 4.16. The Kier molecular flexibility index (Phi) is 5.46. The molecular formula is C18H22ClN5O2. The lowest BCUT2D eigenvalue weighted by Gasteiger charge is -2.23. The summed E-state index contributed by atoms with van der Waals surface area (Å²) in [6.07, 6.45) is 0.852. The van der Waals surface area contributed by atoms with E-state index in [4.69, 9.17) is 11.6 Å². The number of aryl methyl sites for hydroxylation is 1. The van der Waals surface area contributed by atoms with E-state index in [1.54, 1.807) is 43.3 Å². The van der Waals surface area contributed by atoms with Crippen molar-refractivity contribution in [3.8, 4) is 0 Å². The molecule has 1 aromatic heterocycles. The SMILES string of the molecule is CN(C)C(=O)N1CCCn2nc(CNC(=O)c3ccc(Cl)cc3)cc2C1. The second-order valence-electron chi connectivity index (χ2n) is 6.49. The van der Waals surface area contributed by atoms with Gasteiger partial charge in [0.2, 0.25) is 0 Å². The van der Waals surface area contributed by atoms with Gasteiger partial charge in [-0.1, -0.05) is 11.6 Å². The second-order valence-corrected chi connectivity index (χ2v) is 6.93. The van der Waals surface area contributed by atoms with Crippen LogP contribution in [0, 0.1) is 0 Å². The molecule has 0 bridgehead atoms. The largest absolute Gasteiger partial charge is 0.346 e. The molecule has 1 aliphatic rings. The molecule has 7 nitrogen and oxygen atoms in total. The number of hydrogen-bond donors (Lipinski definition) is 1. The summed E-state index contributed by atoms with van der Waals surface area (Å²) < 4.78 is 1.92. The number of nitrogens with one attached hydrogen (secondary N) is 1. The van der Waals surface area contributed by atoms with Gasteiger partial charge in [-0.05, 0) is 36.8 Å². The van der Waals surface area contributed by atoms with Crippen molar-refractivity contribution in [3.05, 3.63) is 52.3 Å². The molecule has 3 amide bonds. The number of rotatable bonds is 3. The lowest BCUT2D eigenvalue weighted by atomic mass is 10.2. The molecule has 0 radical (unpaired) electrons. The summed E-state index contributed by atoms with van der Waals surface area (Å²) >= 11 is 5.84. The summed E-state index contributed by atoms with van der Waals surface area (Å²) in [5.74, 6) is -0.172. The van der Waals surface area contributed by atoms with E-state index in [-0.39, 0.29) is 11.9 Å². The molecule has 0 saturated heterocycles. The highest BCUT2D eigenvalue weighted by molar-refractivity contribution is 6.30. The number of carbonyl (C=O) groups is 2. The van der Waals surface area contributed by atoms with Crippen LogP contribution in [-0.2, 0) is 19.6 Å². The Bertz CT molecular complexity index is 800.